The predicted octanol–water partition coefficient (Wildman–Crippen LogP) is 0.948. The number of hydrogen-bond acceptors (Lipinski definition) is 3. The maximum absolute atomic E-state index is 11.5. The Balaban J connectivity index is 2.64. The van der Waals surface area contributed by atoms with Crippen LogP contribution >= 0.6 is 0 Å². The Kier molecular flexibility index (Phi) is 1.70. The van der Waals surface area contributed by atoms with Crippen molar-refractivity contribution in [3.05, 3.63) is 29.8 Å². The van der Waals surface area contributed by atoms with Crippen LogP contribution in [0.3, 0.4) is 0 Å². The zero-order chi connectivity index (χ0) is 10.3. The van der Waals surface area contributed by atoms with Gasteiger partial charge in [0.2, 0.25) is 5.91 Å². The zero-order valence-electron chi connectivity index (χ0n) is 7.57. The number of imide groups is 1. The van der Waals surface area contributed by atoms with Crippen LogP contribution in [0.25, 0.3) is 0 Å². The van der Waals surface area contributed by atoms with E-state index in [1.165, 1.54) is 6.92 Å². The van der Waals surface area contributed by atoms with Gasteiger partial charge in [-0.25, -0.2) is 4.90 Å². The molecule has 0 aromatic heterocycles. The SMILES string of the molecule is CC(=O)N1C(=O)C(=N)c2ccccc21. The van der Waals surface area contributed by atoms with Crippen molar-refractivity contribution in [1.82, 2.24) is 0 Å². The van der Waals surface area contributed by atoms with Crippen LogP contribution < -0.4 is 4.90 Å². The number of para-hydroxylation sites is 1. The van der Waals surface area contributed by atoms with E-state index in [4.69, 9.17) is 5.41 Å². The van der Waals surface area contributed by atoms with Crippen molar-refractivity contribution < 1.29 is 9.59 Å². The number of nitrogens with zero attached hydrogens (tertiary/aromatic N) is 1. The molecule has 1 aromatic rings. The van der Waals surface area contributed by atoms with E-state index in [0.717, 1.165) is 4.90 Å². The Hall–Kier alpha value is -1.97. The average molecular weight is 188 g/mol. The first-order valence-corrected chi connectivity index (χ1v) is 4.16. The lowest BCUT2D eigenvalue weighted by atomic mass is 10.1. The van der Waals surface area contributed by atoms with Gasteiger partial charge in [-0.15, -0.1) is 0 Å². The van der Waals surface area contributed by atoms with E-state index >= 15 is 0 Å². The van der Waals surface area contributed by atoms with Gasteiger partial charge in [-0.3, -0.25) is 15.0 Å². The van der Waals surface area contributed by atoms with Gasteiger partial charge in [0.05, 0.1) is 5.69 Å². The summed E-state index contributed by atoms with van der Waals surface area (Å²) in [6.45, 7) is 1.31. The summed E-state index contributed by atoms with van der Waals surface area (Å²) in [4.78, 5) is 23.7. The first-order valence-electron chi connectivity index (χ1n) is 4.16. The second-order valence-electron chi connectivity index (χ2n) is 3.05. The van der Waals surface area contributed by atoms with Crippen LogP contribution in [0.15, 0.2) is 24.3 Å². The molecule has 4 nitrogen and oxygen atoms in total. The lowest BCUT2D eigenvalue weighted by Gasteiger charge is -2.10. The van der Waals surface area contributed by atoms with Gasteiger partial charge in [0.15, 0.2) is 0 Å². The standard InChI is InChI=1S/C10H8N2O2/c1-6(13)12-8-5-3-2-4-7(8)9(11)10(12)14/h2-5,11H,1H3. The monoisotopic (exact) mass is 188 g/mol. The maximum atomic E-state index is 11.5. The van der Waals surface area contributed by atoms with Crippen LogP contribution in [0.5, 0.6) is 0 Å². The fraction of sp³-hybridized carbons (Fsp3) is 0.100. The molecule has 1 aromatic carbocycles. The Morgan fingerprint density at radius 2 is 2.00 bits per heavy atom. The van der Waals surface area contributed by atoms with E-state index in [1.54, 1.807) is 24.3 Å². The molecule has 4 heteroatoms. The molecular weight excluding hydrogens is 180 g/mol. The lowest BCUT2D eigenvalue weighted by molar-refractivity contribution is -0.121. The summed E-state index contributed by atoms with van der Waals surface area (Å²) in [5.41, 5.74) is 0.915. The molecule has 2 amide bonds. The fourth-order valence-corrected chi connectivity index (χ4v) is 1.53. The number of carbonyl (C=O) groups excluding carboxylic acids is 2. The number of rotatable bonds is 0. The Morgan fingerprint density at radius 3 is 2.64 bits per heavy atom. The first-order chi connectivity index (χ1) is 6.63. The van der Waals surface area contributed by atoms with Gasteiger partial charge in [-0.2, -0.15) is 0 Å². The predicted molar refractivity (Wildman–Crippen MR) is 51.4 cm³/mol. The van der Waals surface area contributed by atoms with Crippen molar-refractivity contribution in [2.24, 2.45) is 0 Å². The molecule has 2 rings (SSSR count). The van der Waals surface area contributed by atoms with Gasteiger partial charge in [-0.1, -0.05) is 18.2 Å². The summed E-state index contributed by atoms with van der Waals surface area (Å²) in [7, 11) is 0. The van der Waals surface area contributed by atoms with Gasteiger partial charge in [0, 0.05) is 12.5 Å². The zero-order valence-corrected chi connectivity index (χ0v) is 7.57. The maximum Gasteiger partial charge on any atom is 0.283 e. The van der Waals surface area contributed by atoms with Crippen molar-refractivity contribution >= 4 is 23.2 Å². The molecule has 0 fully saturated rings. The molecule has 14 heavy (non-hydrogen) atoms. The minimum absolute atomic E-state index is 0.115. The minimum atomic E-state index is -0.543. The number of fused-ring (bicyclic) bond motifs is 1. The van der Waals surface area contributed by atoms with Gasteiger partial charge in [0.1, 0.15) is 5.71 Å². The molecule has 0 atom stereocenters. The van der Waals surface area contributed by atoms with Gasteiger partial charge < -0.3 is 0 Å². The molecule has 70 valence electrons. The third kappa shape index (κ3) is 0.970. The van der Waals surface area contributed by atoms with Crippen molar-refractivity contribution in [2.45, 2.75) is 6.92 Å². The normalized spacial score (nSPS) is 14.5. The third-order valence-corrected chi connectivity index (χ3v) is 2.15. The van der Waals surface area contributed by atoms with E-state index < -0.39 is 5.91 Å². The van der Waals surface area contributed by atoms with E-state index in [-0.39, 0.29) is 11.6 Å². The van der Waals surface area contributed by atoms with Crippen LogP contribution in [0.2, 0.25) is 0 Å². The molecule has 1 heterocycles. The average Bonchev–Trinajstić information content (AvgIpc) is 2.41. The highest BCUT2D eigenvalue weighted by molar-refractivity contribution is 6.57. The van der Waals surface area contributed by atoms with Crippen molar-refractivity contribution in [3.8, 4) is 0 Å². The summed E-state index contributed by atoms with van der Waals surface area (Å²) >= 11 is 0. The smallest absolute Gasteiger partial charge is 0.283 e. The van der Waals surface area contributed by atoms with Crippen molar-refractivity contribution in [2.75, 3.05) is 4.90 Å². The molecule has 0 spiro atoms. The Labute approximate surface area is 80.7 Å². The quantitative estimate of drug-likeness (QED) is 0.658. The largest absolute Gasteiger partial charge is 0.295 e. The topological polar surface area (TPSA) is 61.2 Å². The molecule has 0 radical (unpaired) electrons. The third-order valence-electron chi connectivity index (χ3n) is 2.15. The molecular formula is C10H8N2O2. The van der Waals surface area contributed by atoms with Crippen LogP contribution in [-0.4, -0.2) is 17.5 Å². The van der Waals surface area contributed by atoms with E-state index in [0.29, 0.717) is 11.3 Å². The number of anilines is 1. The highest BCUT2D eigenvalue weighted by atomic mass is 16.2. The van der Waals surface area contributed by atoms with Crippen LogP contribution in [0.1, 0.15) is 12.5 Å². The molecule has 0 saturated heterocycles. The molecule has 0 bridgehead atoms. The molecule has 0 unspecified atom stereocenters. The van der Waals surface area contributed by atoms with Crippen molar-refractivity contribution in [1.29, 1.82) is 5.41 Å². The highest BCUT2D eigenvalue weighted by Crippen LogP contribution is 2.28. The van der Waals surface area contributed by atoms with E-state index in [2.05, 4.69) is 0 Å². The number of nitrogens with one attached hydrogen (secondary N) is 1. The van der Waals surface area contributed by atoms with Crippen LogP contribution in [-0.2, 0) is 9.59 Å². The van der Waals surface area contributed by atoms with E-state index in [9.17, 15) is 9.59 Å². The number of hydrogen-bond donors (Lipinski definition) is 1. The number of amides is 2. The van der Waals surface area contributed by atoms with E-state index in [1.807, 2.05) is 0 Å². The molecule has 0 saturated carbocycles. The summed E-state index contributed by atoms with van der Waals surface area (Å²) < 4.78 is 0. The summed E-state index contributed by atoms with van der Waals surface area (Å²) in [6, 6.07) is 6.81. The Bertz CT molecular complexity index is 451. The summed E-state index contributed by atoms with van der Waals surface area (Å²) in [5, 5.41) is 7.52. The van der Waals surface area contributed by atoms with Crippen molar-refractivity contribution in [3.63, 3.8) is 0 Å². The van der Waals surface area contributed by atoms with Gasteiger partial charge in [0.25, 0.3) is 5.91 Å². The Morgan fingerprint density at radius 1 is 1.36 bits per heavy atom. The number of benzene rings is 1. The van der Waals surface area contributed by atoms with Crippen LogP contribution in [0, 0.1) is 5.41 Å². The molecule has 1 N–H and O–H groups in total. The van der Waals surface area contributed by atoms with Crippen LogP contribution in [0.4, 0.5) is 5.69 Å². The first kappa shape index (κ1) is 8.62. The second-order valence-corrected chi connectivity index (χ2v) is 3.05. The summed E-state index contributed by atoms with van der Waals surface area (Å²) in [6.07, 6.45) is 0. The lowest BCUT2D eigenvalue weighted by Crippen LogP contribution is -2.33. The molecule has 1 aliphatic heterocycles. The summed E-state index contributed by atoms with van der Waals surface area (Å²) in [5.74, 6) is -0.900. The van der Waals surface area contributed by atoms with Gasteiger partial charge in [-0.05, 0) is 6.07 Å². The highest BCUT2D eigenvalue weighted by Gasteiger charge is 2.34. The van der Waals surface area contributed by atoms with Gasteiger partial charge >= 0.3 is 0 Å². The second kappa shape index (κ2) is 2.77. The molecule has 0 aliphatic carbocycles. The fourth-order valence-electron chi connectivity index (χ4n) is 1.53. The molecule has 1 aliphatic rings. The minimum Gasteiger partial charge on any atom is -0.295 e. The number of carbonyl (C=O) groups is 2.